The number of nitrogens with zero attached hydrogens (tertiary/aromatic N) is 1. The average Bonchev–Trinajstić information content (AvgIpc) is 3.14. The summed E-state index contributed by atoms with van der Waals surface area (Å²) in [5.74, 6) is -0.646. The summed E-state index contributed by atoms with van der Waals surface area (Å²) in [5, 5.41) is 14.2. The van der Waals surface area contributed by atoms with Gasteiger partial charge < -0.3 is 20.1 Å². The Labute approximate surface area is 126 Å². The zero-order valence-corrected chi connectivity index (χ0v) is 12.4. The molecule has 0 bridgehead atoms. The summed E-state index contributed by atoms with van der Waals surface area (Å²) in [6.45, 7) is 2.38. The van der Waals surface area contributed by atoms with Crippen molar-refractivity contribution in [3.8, 4) is 0 Å². The molecule has 1 fully saturated rings. The minimum absolute atomic E-state index is 0.300. The van der Waals surface area contributed by atoms with Gasteiger partial charge in [-0.2, -0.15) is 0 Å². The van der Waals surface area contributed by atoms with E-state index in [0.717, 1.165) is 29.9 Å². The number of carboxylic acid groups (broad SMARTS) is 1. The van der Waals surface area contributed by atoms with Crippen LogP contribution in [0.25, 0.3) is 0 Å². The van der Waals surface area contributed by atoms with Gasteiger partial charge in [-0.25, -0.2) is 9.59 Å². The van der Waals surface area contributed by atoms with Gasteiger partial charge in [0.05, 0.1) is 6.61 Å². The molecular weight excluding hydrogens is 292 g/mol. The molecule has 2 atom stereocenters. The fourth-order valence-corrected chi connectivity index (χ4v) is 3.78. The quantitative estimate of drug-likeness (QED) is 0.886. The van der Waals surface area contributed by atoms with Gasteiger partial charge in [-0.15, -0.1) is 11.3 Å². The Morgan fingerprint density at radius 3 is 3.10 bits per heavy atom. The maximum atomic E-state index is 12.3. The first kappa shape index (κ1) is 14.3. The molecule has 3 rings (SSSR count). The van der Waals surface area contributed by atoms with Crippen LogP contribution in [0.1, 0.15) is 22.9 Å². The van der Waals surface area contributed by atoms with Crippen molar-refractivity contribution in [3.63, 3.8) is 0 Å². The lowest BCUT2D eigenvalue weighted by molar-refractivity contribution is -0.142. The van der Waals surface area contributed by atoms with E-state index in [2.05, 4.69) is 5.32 Å². The first-order valence-electron chi connectivity index (χ1n) is 7.08. The van der Waals surface area contributed by atoms with Gasteiger partial charge in [0.1, 0.15) is 0 Å². The molecule has 1 saturated heterocycles. The van der Waals surface area contributed by atoms with E-state index in [1.165, 1.54) is 4.90 Å². The Kier molecular flexibility index (Phi) is 4.12. The standard InChI is InChI=1S/C14H18N2O4S/c17-13(18)12-10-3-6-21-11(10)1-4-16(12)14(19)15-7-9-2-5-20-8-9/h3,6,9,12H,1-2,4-5,7-8H2,(H,15,19)(H,17,18). The zero-order chi connectivity index (χ0) is 14.8. The minimum atomic E-state index is -0.978. The monoisotopic (exact) mass is 310 g/mol. The van der Waals surface area contributed by atoms with Crippen LogP contribution in [-0.2, 0) is 16.0 Å². The molecule has 0 saturated carbocycles. The molecule has 2 N–H and O–H groups in total. The summed E-state index contributed by atoms with van der Waals surface area (Å²) in [6.07, 6.45) is 1.66. The highest BCUT2D eigenvalue weighted by molar-refractivity contribution is 7.10. The number of thiophene rings is 1. The number of amides is 2. The number of carbonyl (C=O) groups is 2. The normalized spacial score (nSPS) is 24.7. The van der Waals surface area contributed by atoms with Crippen molar-refractivity contribution < 1.29 is 19.4 Å². The van der Waals surface area contributed by atoms with E-state index in [-0.39, 0.29) is 6.03 Å². The predicted molar refractivity (Wildman–Crippen MR) is 77.4 cm³/mol. The van der Waals surface area contributed by atoms with Crippen LogP contribution in [0.2, 0.25) is 0 Å². The number of ether oxygens (including phenoxy) is 1. The van der Waals surface area contributed by atoms with Gasteiger partial charge in [-0.05, 0) is 29.9 Å². The lowest BCUT2D eigenvalue weighted by Crippen LogP contribution is -2.48. The third-order valence-electron chi connectivity index (χ3n) is 4.03. The first-order chi connectivity index (χ1) is 10.2. The highest BCUT2D eigenvalue weighted by Crippen LogP contribution is 2.33. The van der Waals surface area contributed by atoms with Crippen LogP contribution in [0.15, 0.2) is 11.4 Å². The van der Waals surface area contributed by atoms with Gasteiger partial charge in [0, 0.05) is 30.5 Å². The fourth-order valence-electron chi connectivity index (χ4n) is 2.88. The second-order valence-corrected chi connectivity index (χ2v) is 6.40. The molecule has 0 aromatic carbocycles. The van der Waals surface area contributed by atoms with Gasteiger partial charge >= 0.3 is 12.0 Å². The highest BCUT2D eigenvalue weighted by atomic mass is 32.1. The Bertz CT molecular complexity index is 539. The summed E-state index contributed by atoms with van der Waals surface area (Å²) in [5.41, 5.74) is 0.748. The van der Waals surface area contributed by atoms with Gasteiger partial charge in [0.15, 0.2) is 6.04 Å². The van der Waals surface area contributed by atoms with Crippen LogP contribution in [0.3, 0.4) is 0 Å². The smallest absolute Gasteiger partial charge is 0.331 e. The SMILES string of the molecule is O=C(O)C1c2ccsc2CCN1C(=O)NCC1CCOC1. The number of aliphatic carboxylic acids is 1. The molecule has 0 spiro atoms. The molecule has 2 aliphatic rings. The van der Waals surface area contributed by atoms with Crippen molar-refractivity contribution in [3.05, 3.63) is 21.9 Å². The third-order valence-corrected chi connectivity index (χ3v) is 5.02. The zero-order valence-electron chi connectivity index (χ0n) is 11.6. The lowest BCUT2D eigenvalue weighted by Gasteiger charge is -2.33. The Hall–Kier alpha value is -1.60. The van der Waals surface area contributed by atoms with E-state index in [1.54, 1.807) is 11.3 Å². The maximum absolute atomic E-state index is 12.3. The molecule has 7 heteroatoms. The summed E-state index contributed by atoms with van der Waals surface area (Å²) in [7, 11) is 0. The molecule has 6 nitrogen and oxygen atoms in total. The molecule has 1 aromatic heterocycles. The Morgan fingerprint density at radius 2 is 2.38 bits per heavy atom. The number of fused-ring (bicyclic) bond motifs is 1. The van der Waals surface area contributed by atoms with Crippen molar-refractivity contribution in [2.75, 3.05) is 26.3 Å². The summed E-state index contributed by atoms with van der Waals surface area (Å²) in [4.78, 5) is 26.4. The lowest BCUT2D eigenvalue weighted by atomic mass is 10.0. The van der Waals surface area contributed by atoms with Crippen molar-refractivity contribution in [2.24, 2.45) is 5.92 Å². The highest BCUT2D eigenvalue weighted by Gasteiger charge is 2.36. The van der Waals surface area contributed by atoms with Crippen LogP contribution in [0, 0.1) is 5.92 Å². The average molecular weight is 310 g/mol. The van der Waals surface area contributed by atoms with E-state index in [9.17, 15) is 14.7 Å². The van der Waals surface area contributed by atoms with Crippen LogP contribution in [0.4, 0.5) is 4.79 Å². The van der Waals surface area contributed by atoms with E-state index in [0.29, 0.717) is 25.6 Å². The fraction of sp³-hybridized carbons (Fsp3) is 0.571. The molecule has 3 heterocycles. The number of hydrogen-bond acceptors (Lipinski definition) is 4. The molecule has 0 radical (unpaired) electrons. The molecule has 21 heavy (non-hydrogen) atoms. The second-order valence-electron chi connectivity index (χ2n) is 5.40. The summed E-state index contributed by atoms with van der Waals surface area (Å²) >= 11 is 1.56. The van der Waals surface area contributed by atoms with Crippen LogP contribution < -0.4 is 5.32 Å². The van der Waals surface area contributed by atoms with Gasteiger partial charge in [0.25, 0.3) is 0 Å². The number of nitrogens with one attached hydrogen (secondary N) is 1. The molecule has 1 aromatic rings. The predicted octanol–water partition coefficient (Wildman–Crippen LogP) is 1.48. The molecule has 2 aliphatic heterocycles. The number of rotatable bonds is 3. The van der Waals surface area contributed by atoms with Crippen molar-refractivity contribution in [2.45, 2.75) is 18.9 Å². The number of carboxylic acids is 1. The minimum Gasteiger partial charge on any atom is -0.479 e. The summed E-state index contributed by atoms with van der Waals surface area (Å²) in [6, 6.07) is 0.634. The molecule has 0 aliphatic carbocycles. The topological polar surface area (TPSA) is 78.9 Å². The van der Waals surface area contributed by atoms with Crippen LogP contribution in [-0.4, -0.2) is 48.3 Å². The summed E-state index contributed by atoms with van der Waals surface area (Å²) < 4.78 is 5.27. The van der Waals surface area contributed by atoms with E-state index < -0.39 is 12.0 Å². The van der Waals surface area contributed by atoms with Crippen molar-refractivity contribution >= 4 is 23.3 Å². The molecule has 2 unspecified atom stereocenters. The van der Waals surface area contributed by atoms with E-state index in [1.807, 2.05) is 11.4 Å². The molecule has 114 valence electrons. The van der Waals surface area contributed by atoms with E-state index in [4.69, 9.17) is 4.74 Å². The van der Waals surface area contributed by atoms with Gasteiger partial charge in [-0.1, -0.05) is 0 Å². The second kappa shape index (κ2) is 6.03. The third kappa shape index (κ3) is 2.89. The first-order valence-corrected chi connectivity index (χ1v) is 7.96. The number of urea groups is 1. The molecule has 2 amide bonds. The number of hydrogen-bond donors (Lipinski definition) is 2. The van der Waals surface area contributed by atoms with Gasteiger partial charge in [0.2, 0.25) is 0 Å². The van der Waals surface area contributed by atoms with Crippen LogP contribution in [0.5, 0.6) is 0 Å². The Morgan fingerprint density at radius 1 is 1.52 bits per heavy atom. The largest absolute Gasteiger partial charge is 0.479 e. The van der Waals surface area contributed by atoms with Crippen LogP contribution >= 0.6 is 11.3 Å². The van der Waals surface area contributed by atoms with E-state index >= 15 is 0 Å². The molecular formula is C14H18N2O4S. The van der Waals surface area contributed by atoms with Crippen molar-refractivity contribution in [1.82, 2.24) is 10.2 Å². The Balaban J connectivity index is 1.68. The van der Waals surface area contributed by atoms with Gasteiger partial charge in [-0.3, -0.25) is 0 Å². The number of carbonyl (C=O) groups excluding carboxylic acids is 1. The maximum Gasteiger partial charge on any atom is 0.331 e. The van der Waals surface area contributed by atoms with Crippen molar-refractivity contribution in [1.29, 1.82) is 0 Å².